The minimum absolute atomic E-state index is 0.190. The van der Waals surface area contributed by atoms with E-state index < -0.39 is 41.0 Å². The second kappa shape index (κ2) is 5.77. The van der Waals surface area contributed by atoms with E-state index in [9.17, 15) is 18.4 Å². The van der Waals surface area contributed by atoms with Crippen LogP contribution in [0.15, 0.2) is 12.1 Å². The Morgan fingerprint density at radius 3 is 2.32 bits per heavy atom. The molecule has 2 N–H and O–H groups in total. The van der Waals surface area contributed by atoms with Gasteiger partial charge in [-0.2, -0.15) is 0 Å². The predicted octanol–water partition coefficient (Wildman–Crippen LogP) is 2.57. The average molecular weight is 271 g/mol. The first-order chi connectivity index (χ1) is 8.75. The molecule has 2 atom stereocenters. The lowest BCUT2D eigenvalue weighted by Crippen LogP contribution is -2.30. The molecule has 4 nitrogen and oxygen atoms in total. The van der Waals surface area contributed by atoms with Crippen LogP contribution in [0.5, 0.6) is 0 Å². The fourth-order valence-corrected chi connectivity index (χ4v) is 1.45. The molecule has 0 saturated heterocycles. The summed E-state index contributed by atoms with van der Waals surface area (Å²) in [6, 6.07) is 2.29. The lowest BCUT2D eigenvalue weighted by molar-refractivity contribution is -0.145. The maximum absolute atomic E-state index is 13.7. The lowest BCUT2D eigenvalue weighted by Gasteiger charge is -2.16. The molecule has 0 aliphatic heterocycles. The molecular formula is C13H15F2NO3. The molecule has 0 fully saturated rings. The Morgan fingerprint density at radius 2 is 1.79 bits per heavy atom. The number of amides is 1. The van der Waals surface area contributed by atoms with Crippen molar-refractivity contribution in [2.24, 2.45) is 11.8 Å². The number of hydrogen-bond donors (Lipinski definition) is 2. The van der Waals surface area contributed by atoms with Crippen LogP contribution in [0.3, 0.4) is 0 Å². The van der Waals surface area contributed by atoms with E-state index in [4.69, 9.17) is 5.11 Å². The molecule has 0 heterocycles. The highest BCUT2D eigenvalue weighted by atomic mass is 19.1. The van der Waals surface area contributed by atoms with Crippen LogP contribution in [0.25, 0.3) is 0 Å². The summed E-state index contributed by atoms with van der Waals surface area (Å²) in [7, 11) is 0. The third-order valence-corrected chi connectivity index (χ3v) is 3.09. The van der Waals surface area contributed by atoms with Crippen LogP contribution in [-0.4, -0.2) is 17.0 Å². The smallest absolute Gasteiger partial charge is 0.307 e. The predicted molar refractivity (Wildman–Crippen MR) is 65.7 cm³/mol. The normalized spacial score (nSPS) is 13.7. The zero-order valence-electron chi connectivity index (χ0n) is 10.8. The van der Waals surface area contributed by atoms with Crippen molar-refractivity contribution in [3.63, 3.8) is 0 Å². The summed E-state index contributed by atoms with van der Waals surface area (Å²) < 4.78 is 27.1. The zero-order chi connectivity index (χ0) is 14.7. The van der Waals surface area contributed by atoms with Crippen molar-refractivity contribution in [3.05, 3.63) is 29.3 Å². The monoisotopic (exact) mass is 271 g/mol. The van der Waals surface area contributed by atoms with Crippen LogP contribution in [0.2, 0.25) is 0 Å². The summed E-state index contributed by atoms with van der Waals surface area (Å²) in [5, 5.41) is 10.9. The van der Waals surface area contributed by atoms with Crippen molar-refractivity contribution in [1.82, 2.24) is 0 Å². The summed E-state index contributed by atoms with van der Waals surface area (Å²) in [4.78, 5) is 22.5. The summed E-state index contributed by atoms with van der Waals surface area (Å²) >= 11 is 0. The van der Waals surface area contributed by atoms with Gasteiger partial charge in [0.1, 0.15) is 11.5 Å². The first kappa shape index (κ1) is 15.1. The average Bonchev–Trinajstić information content (AvgIpc) is 2.37. The van der Waals surface area contributed by atoms with Crippen molar-refractivity contribution < 1.29 is 23.5 Å². The van der Waals surface area contributed by atoms with E-state index in [2.05, 4.69) is 5.32 Å². The fraction of sp³-hybridized carbons (Fsp3) is 0.385. The van der Waals surface area contributed by atoms with Crippen LogP contribution in [0.4, 0.5) is 14.5 Å². The molecular weight excluding hydrogens is 256 g/mol. The Kier molecular flexibility index (Phi) is 4.58. The van der Waals surface area contributed by atoms with Gasteiger partial charge in [0.2, 0.25) is 5.91 Å². The number of rotatable bonds is 4. The Labute approximate surface area is 109 Å². The number of benzene rings is 1. The molecule has 19 heavy (non-hydrogen) atoms. The van der Waals surface area contributed by atoms with Crippen LogP contribution in [0.1, 0.15) is 19.4 Å². The van der Waals surface area contributed by atoms with Crippen molar-refractivity contribution in [3.8, 4) is 0 Å². The maximum atomic E-state index is 13.7. The Hall–Kier alpha value is -1.98. The molecule has 0 aliphatic carbocycles. The van der Waals surface area contributed by atoms with Crippen molar-refractivity contribution >= 4 is 17.6 Å². The number of aryl methyl sites for hydroxylation is 1. The third kappa shape index (κ3) is 3.27. The van der Waals surface area contributed by atoms with E-state index >= 15 is 0 Å². The molecule has 0 bridgehead atoms. The number of carbonyl (C=O) groups excluding carboxylic acids is 1. The Balaban J connectivity index is 2.95. The van der Waals surface area contributed by atoms with E-state index in [0.717, 1.165) is 6.07 Å². The summed E-state index contributed by atoms with van der Waals surface area (Å²) in [5.41, 5.74) is -0.356. The fourth-order valence-electron chi connectivity index (χ4n) is 1.45. The van der Waals surface area contributed by atoms with Crippen LogP contribution in [0, 0.1) is 30.4 Å². The van der Waals surface area contributed by atoms with Gasteiger partial charge in [-0.3, -0.25) is 9.59 Å². The minimum atomic E-state index is -1.15. The van der Waals surface area contributed by atoms with Crippen LogP contribution >= 0.6 is 0 Å². The standard InChI is InChI=1S/C13H15F2NO3/c1-6-4-5-9(14)11(10(6)15)16-12(17)7(2)8(3)13(18)19/h4-5,7-8H,1-3H3,(H,16,17)(H,18,19). The first-order valence-corrected chi connectivity index (χ1v) is 5.74. The highest BCUT2D eigenvalue weighted by Gasteiger charge is 2.27. The SMILES string of the molecule is Cc1ccc(F)c(NC(=O)C(C)C(C)C(=O)O)c1F. The van der Waals surface area contributed by atoms with Gasteiger partial charge in [-0.05, 0) is 18.6 Å². The van der Waals surface area contributed by atoms with Crippen molar-refractivity contribution in [2.75, 3.05) is 5.32 Å². The molecule has 0 saturated carbocycles. The van der Waals surface area contributed by atoms with Crippen LogP contribution in [-0.2, 0) is 9.59 Å². The van der Waals surface area contributed by atoms with Crippen molar-refractivity contribution in [1.29, 1.82) is 0 Å². The quantitative estimate of drug-likeness (QED) is 0.884. The first-order valence-electron chi connectivity index (χ1n) is 5.74. The van der Waals surface area contributed by atoms with Gasteiger partial charge in [-0.1, -0.05) is 19.9 Å². The number of carboxylic acid groups (broad SMARTS) is 1. The van der Waals surface area contributed by atoms with E-state index in [-0.39, 0.29) is 5.56 Å². The second-order valence-electron chi connectivity index (χ2n) is 4.46. The van der Waals surface area contributed by atoms with E-state index in [1.807, 2.05) is 0 Å². The number of aliphatic carboxylic acids is 1. The van der Waals surface area contributed by atoms with Gasteiger partial charge < -0.3 is 10.4 Å². The van der Waals surface area contributed by atoms with Gasteiger partial charge in [0.25, 0.3) is 0 Å². The summed E-state index contributed by atoms with van der Waals surface area (Å²) in [6.07, 6.45) is 0. The number of carboxylic acids is 1. The summed E-state index contributed by atoms with van der Waals surface area (Å²) in [5.74, 6) is -5.49. The van der Waals surface area contributed by atoms with E-state index in [0.29, 0.717) is 0 Å². The molecule has 2 unspecified atom stereocenters. The minimum Gasteiger partial charge on any atom is -0.481 e. The number of nitrogens with one attached hydrogen (secondary N) is 1. The molecule has 1 rings (SSSR count). The third-order valence-electron chi connectivity index (χ3n) is 3.09. The van der Waals surface area contributed by atoms with E-state index in [1.165, 1.54) is 26.8 Å². The second-order valence-corrected chi connectivity index (χ2v) is 4.46. The Bertz CT molecular complexity index is 517. The van der Waals surface area contributed by atoms with Gasteiger partial charge >= 0.3 is 5.97 Å². The zero-order valence-corrected chi connectivity index (χ0v) is 10.8. The highest BCUT2D eigenvalue weighted by Crippen LogP contribution is 2.23. The number of anilines is 1. The molecule has 0 spiro atoms. The van der Waals surface area contributed by atoms with Crippen LogP contribution < -0.4 is 5.32 Å². The molecule has 0 radical (unpaired) electrons. The van der Waals surface area contributed by atoms with Gasteiger partial charge in [0.05, 0.1) is 5.92 Å². The van der Waals surface area contributed by atoms with Gasteiger partial charge in [-0.15, -0.1) is 0 Å². The number of carbonyl (C=O) groups is 2. The van der Waals surface area contributed by atoms with Gasteiger partial charge in [-0.25, -0.2) is 8.78 Å². The highest BCUT2D eigenvalue weighted by molar-refractivity contribution is 5.95. The largest absolute Gasteiger partial charge is 0.481 e. The van der Waals surface area contributed by atoms with Gasteiger partial charge in [0, 0.05) is 5.92 Å². The maximum Gasteiger partial charge on any atom is 0.307 e. The molecule has 1 aromatic rings. The molecule has 1 amide bonds. The number of hydrogen-bond acceptors (Lipinski definition) is 2. The Morgan fingerprint density at radius 1 is 1.21 bits per heavy atom. The topological polar surface area (TPSA) is 66.4 Å². The van der Waals surface area contributed by atoms with Crippen molar-refractivity contribution in [2.45, 2.75) is 20.8 Å². The molecule has 0 aromatic heterocycles. The molecule has 6 heteroatoms. The molecule has 0 aliphatic rings. The summed E-state index contributed by atoms with van der Waals surface area (Å²) in [6.45, 7) is 4.18. The van der Waals surface area contributed by atoms with E-state index in [1.54, 1.807) is 0 Å². The van der Waals surface area contributed by atoms with Gasteiger partial charge in [0.15, 0.2) is 5.82 Å². The molecule has 104 valence electrons. The lowest BCUT2D eigenvalue weighted by atomic mass is 9.95. The molecule has 1 aromatic carbocycles. The number of halogens is 2.